The summed E-state index contributed by atoms with van der Waals surface area (Å²) in [5, 5.41) is 19.7. The van der Waals surface area contributed by atoms with Crippen molar-refractivity contribution in [1.82, 2.24) is 25.2 Å². The van der Waals surface area contributed by atoms with Gasteiger partial charge in [-0.2, -0.15) is 0 Å². The first-order valence-electron chi connectivity index (χ1n) is 9.24. The summed E-state index contributed by atoms with van der Waals surface area (Å²) in [7, 11) is 0. The first-order valence-corrected chi connectivity index (χ1v) is 9.24. The minimum Gasteiger partial charge on any atom is -0.396 e. The van der Waals surface area contributed by atoms with Crippen molar-refractivity contribution >= 4 is 5.91 Å². The molecule has 0 bridgehead atoms. The number of hydrogen-bond donors (Lipinski definition) is 2. The second-order valence-electron chi connectivity index (χ2n) is 6.93. The van der Waals surface area contributed by atoms with E-state index in [-0.39, 0.29) is 18.6 Å². The van der Waals surface area contributed by atoms with Crippen molar-refractivity contribution < 1.29 is 9.90 Å². The Hall–Kier alpha value is -2.25. The van der Waals surface area contributed by atoms with Crippen LogP contribution in [0, 0.1) is 6.92 Å². The number of carbonyl (C=O) groups is 1. The molecule has 3 rings (SSSR count). The molecule has 2 aromatic rings. The van der Waals surface area contributed by atoms with Crippen molar-refractivity contribution in [2.75, 3.05) is 26.2 Å². The van der Waals surface area contributed by atoms with Crippen LogP contribution in [0.25, 0.3) is 0 Å². The molecule has 1 saturated heterocycles. The number of carbonyl (C=O) groups excluding carboxylic acids is 1. The zero-order valence-electron chi connectivity index (χ0n) is 15.3. The third-order valence-corrected chi connectivity index (χ3v) is 4.74. The summed E-state index contributed by atoms with van der Waals surface area (Å²) in [5.41, 5.74) is 2.93. The lowest BCUT2D eigenvalue weighted by atomic mass is 10.0. The van der Waals surface area contributed by atoms with E-state index in [1.54, 1.807) is 6.20 Å². The number of likely N-dealkylation sites (tertiary alicyclic amines) is 1. The molecule has 7 heteroatoms. The van der Waals surface area contributed by atoms with Crippen molar-refractivity contribution in [2.24, 2.45) is 0 Å². The monoisotopic (exact) mass is 357 g/mol. The summed E-state index contributed by atoms with van der Waals surface area (Å²) in [4.78, 5) is 14.5. The van der Waals surface area contributed by atoms with Crippen LogP contribution in [0.1, 0.15) is 46.9 Å². The zero-order valence-corrected chi connectivity index (χ0v) is 15.3. The number of amides is 1. The number of nitrogens with zero attached hydrogens (tertiary/aromatic N) is 4. The van der Waals surface area contributed by atoms with E-state index in [0.717, 1.165) is 32.5 Å². The fourth-order valence-electron chi connectivity index (χ4n) is 3.27. The second-order valence-corrected chi connectivity index (χ2v) is 6.93. The lowest BCUT2D eigenvalue weighted by Gasteiger charge is -2.32. The van der Waals surface area contributed by atoms with Gasteiger partial charge in [0.15, 0.2) is 5.69 Å². The lowest BCUT2D eigenvalue weighted by Crippen LogP contribution is -2.36. The maximum Gasteiger partial charge on any atom is 0.273 e. The molecule has 1 fully saturated rings. The van der Waals surface area contributed by atoms with Crippen LogP contribution in [-0.2, 0) is 6.54 Å². The quantitative estimate of drug-likeness (QED) is 0.735. The Morgan fingerprint density at radius 2 is 2.15 bits per heavy atom. The van der Waals surface area contributed by atoms with Crippen molar-refractivity contribution in [2.45, 2.75) is 38.8 Å². The standard InChI is InChI=1S/C19H27N5O2/c1-15-5-7-16(8-6-15)12-23-10-2-4-17(13-23)24-14-18(21-22-24)19(26)20-9-3-11-25/h5-8,14,17,25H,2-4,9-13H2,1H3,(H,20,26)/t17-/m1/s1. The molecule has 0 spiro atoms. The second kappa shape index (κ2) is 8.91. The molecule has 1 amide bonds. The molecule has 0 radical (unpaired) electrons. The summed E-state index contributed by atoms with van der Waals surface area (Å²) in [6, 6.07) is 8.90. The molecule has 1 aromatic heterocycles. The summed E-state index contributed by atoms with van der Waals surface area (Å²) in [6.45, 7) is 5.52. The van der Waals surface area contributed by atoms with Crippen molar-refractivity contribution in [3.63, 3.8) is 0 Å². The molecular weight excluding hydrogens is 330 g/mol. The summed E-state index contributed by atoms with van der Waals surface area (Å²) >= 11 is 0. The predicted molar refractivity (Wildman–Crippen MR) is 98.8 cm³/mol. The van der Waals surface area contributed by atoms with Gasteiger partial charge in [-0.05, 0) is 38.3 Å². The number of aliphatic hydroxyl groups excluding tert-OH is 1. The van der Waals surface area contributed by atoms with Crippen LogP contribution in [-0.4, -0.2) is 57.1 Å². The average molecular weight is 357 g/mol. The minimum atomic E-state index is -0.239. The third kappa shape index (κ3) is 4.89. The molecule has 1 aliphatic rings. The fourth-order valence-corrected chi connectivity index (χ4v) is 3.27. The van der Waals surface area contributed by atoms with Crippen molar-refractivity contribution in [3.8, 4) is 0 Å². The molecule has 1 aromatic carbocycles. The topological polar surface area (TPSA) is 83.3 Å². The Morgan fingerprint density at radius 1 is 1.35 bits per heavy atom. The number of benzene rings is 1. The first-order chi connectivity index (χ1) is 12.7. The Morgan fingerprint density at radius 3 is 2.92 bits per heavy atom. The Kier molecular flexibility index (Phi) is 6.35. The SMILES string of the molecule is Cc1ccc(CN2CCC[C@@H](n3cc(C(=O)NCCCO)nn3)C2)cc1. The largest absolute Gasteiger partial charge is 0.396 e. The van der Waals surface area contributed by atoms with Crippen LogP contribution in [0.2, 0.25) is 0 Å². The molecular formula is C19H27N5O2. The number of aryl methyl sites for hydroxylation is 1. The Bertz CT molecular complexity index is 713. The van der Waals surface area contributed by atoms with Gasteiger partial charge >= 0.3 is 0 Å². The molecule has 0 unspecified atom stereocenters. The van der Waals surface area contributed by atoms with Crippen molar-refractivity contribution in [1.29, 1.82) is 0 Å². The van der Waals surface area contributed by atoms with Crippen LogP contribution in [0.3, 0.4) is 0 Å². The van der Waals surface area contributed by atoms with Crippen LogP contribution in [0.15, 0.2) is 30.5 Å². The highest BCUT2D eigenvalue weighted by Crippen LogP contribution is 2.22. The number of hydrogen-bond acceptors (Lipinski definition) is 5. The lowest BCUT2D eigenvalue weighted by molar-refractivity contribution is 0.0946. The Labute approximate surface area is 154 Å². The highest BCUT2D eigenvalue weighted by Gasteiger charge is 2.23. The normalized spacial score (nSPS) is 18.0. The predicted octanol–water partition coefficient (Wildman–Crippen LogP) is 1.54. The van der Waals surface area contributed by atoms with E-state index >= 15 is 0 Å². The van der Waals surface area contributed by atoms with E-state index in [9.17, 15) is 4.79 Å². The number of aromatic nitrogens is 3. The third-order valence-electron chi connectivity index (χ3n) is 4.74. The average Bonchev–Trinajstić information content (AvgIpc) is 3.14. The molecule has 26 heavy (non-hydrogen) atoms. The molecule has 0 aliphatic carbocycles. The van der Waals surface area contributed by atoms with E-state index in [1.165, 1.54) is 11.1 Å². The smallest absolute Gasteiger partial charge is 0.273 e. The van der Waals surface area contributed by atoms with Crippen molar-refractivity contribution in [3.05, 3.63) is 47.3 Å². The number of piperidine rings is 1. The van der Waals surface area contributed by atoms with Gasteiger partial charge in [0.05, 0.1) is 12.2 Å². The van der Waals surface area contributed by atoms with Gasteiger partial charge in [-0.3, -0.25) is 9.69 Å². The van der Waals surface area contributed by atoms with Crippen LogP contribution >= 0.6 is 0 Å². The van der Waals surface area contributed by atoms with Gasteiger partial charge in [-0.15, -0.1) is 5.10 Å². The molecule has 0 saturated carbocycles. The van der Waals surface area contributed by atoms with E-state index in [4.69, 9.17) is 5.11 Å². The van der Waals surface area contributed by atoms with Gasteiger partial charge < -0.3 is 10.4 Å². The molecule has 1 atom stereocenters. The number of aliphatic hydroxyl groups is 1. The van der Waals surface area contributed by atoms with Gasteiger partial charge in [-0.25, -0.2) is 4.68 Å². The van der Waals surface area contributed by atoms with E-state index in [2.05, 4.69) is 51.7 Å². The van der Waals surface area contributed by atoms with Crippen LogP contribution in [0.5, 0.6) is 0 Å². The van der Waals surface area contributed by atoms with Crippen LogP contribution in [0.4, 0.5) is 0 Å². The summed E-state index contributed by atoms with van der Waals surface area (Å²) in [6.07, 6.45) is 4.42. The van der Waals surface area contributed by atoms with E-state index < -0.39 is 0 Å². The fraction of sp³-hybridized carbons (Fsp3) is 0.526. The van der Waals surface area contributed by atoms with Crippen LogP contribution < -0.4 is 5.32 Å². The summed E-state index contributed by atoms with van der Waals surface area (Å²) in [5.74, 6) is -0.239. The van der Waals surface area contributed by atoms with Gasteiger partial charge in [0.25, 0.3) is 5.91 Å². The van der Waals surface area contributed by atoms with Gasteiger partial charge in [0.2, 0.25) is 0 Å². The highest BCUT2D eigenvalue weighted by atomic mass is 16.3. The maximum atomic E-state index is 12.0. The summed E-state index contributed by atoms with van der Waals surface area (Å²) < 4.78 is 1.82. The minimum absolute atomic E-state index is 0.0614. The number of rotatable bonds is 7. The molecule has 2 heterocycles. The molecule has 2 N–H and O–H groups in total. The van der Waals surface area contributed by atoms with Gasteiger partial charge in [-0.1, -0.05) is 35.0 Å². The zero-order chi connectivity index (χ0) is 18.4. The Balaban J connectivity index is 1.57. The number of nitrogens with one attached hydrogen (secondary N) is 1. The first kappa shape index (κ1) is 18.5. The van der Waals surface area contributed by atoms with E-state index in [1.807, 2.05) is 4.68 Å². The van der Waals surface area contributed by atoms with Gasteiger partial charge in [0, 0.05) is 26.2 Å². The molecule has 1 aliphatic heterocycles. The molecule has 7 nitrogen and oxygen atoms in total. The van der Waals surface area contributed by atoms with E-state index in [0.29, 0.717) is 18.7 Å². The molecule has 140 valence electrons. The highest BCUT2D eigenvalue weighted by molar-refractivity contribution is 5.91. The van der Waals surface area contributed by atoms with Gasteiger partial charge in [0.1, 0.15) is 0 Å². The maximum absolute atomic E-state index is 12.0.